The maximum Gasteiger partial charge on any atom is 2.00 e. The number of halogens is 1. The molecule has 0 atom stereocenters. The van der Waals surface area contributed by atoms with E-state index in [-0.39, 0.29) is 40.6 Å². The Bertz CT molecular complexity index is 306. The van der Waals surface area contributed by atoms with E-state index in [1.54, 1.807) is 0 Å². The predicted octanol–water partition coefficient (Wildman–Crippen LogP) is 3.43. The second-order valence-electron chi connectivity index (χ2n) is 3.29. The molecule has 0 saturated carbocycles. The van der Waals surface area contributed by atoms with Crippen LogP contribution in [0.25, 0.3) is 0 Å². The van der Waals surface area contributed by atoms with Crippen molar-refractivity contribution in [1.82, 2.24) is 0 Å². The Hall–Kier alpha value is 0.760. The molecule has 0 heterocycles. The van der Waals surface area contributed by atoms with Crippen LogP contribution in [-0.4, -0.2) is 42.8 Å². The second-order valence-corrected chi connectivity index (χ2v) is 4.08. The summed E-state index contributed by atoms with van der Waals surface area (Å²) in [6.45, 7) is 6.10. The van der Waals surface area contributed by atoms with E-state index >= 15 is 0 Å². The van der Waals surface area contributed by atoms with E-state index in [1.165, 1.54) is 0 Å². The van der Waals surface area contributed by atoms with E-state index in [9.17, 15) is 5.11 Å². The van der Waals surface area contributed by atoms with Crippen molar-refractivity contribution in [2.45, 2.75) is 26.7 Å². The molecule has 1 aromatic carbocycles. The van der Waals surface area contributed by atoms with Crippen LogP contribution in [-0.2, 0) is 0 Å². The first-order valence-electron chi connectivity index (χ1n) is 4.02. The van der Waals surface area contributed by atoms with E-state index in [4.69, 9.17) is 0 Å². The van der Waals surface area contributed by atoms with Gasteiger partial charge in [-0.2, -0.15) is 0 Å². The fourth-order valence-electron chi connectivity index (χ4n) is 1.15. The van der Waals surface area contributed by atoms with E-state index in [0.29, 0.717) is 11.7 Å². The van der Waals surface area contributed by atoms with Gasteiger partial charge in [-0.25, -0.2) is 0 Å². The molecule has 0 radical (unpaired) electrons. The number of hydrogen-bond acceptors (Lipinski definition) is 1. The summed E-state index contributed by atoms with van der Waals surface area (Å²) in [5.41, 5.74) is 2.06. The van der Waals surface area contributed by atoms with Gasteiger partial charge in [0.25, 0.3) is 0 Å². The Morgan fingerprint density at radius 2 is 1.92 bits per heavy atom. The van der Waals surface area contributed by atoms with Crippen molar-refractivity contribution in [3.63, 3.8) is 0 Å². The van der Waals surface area contributed by atoms with Gasteiger partial charge in [0.2, 0.25) is 0 Å². The van der Waals surface area contributed by atoms with Crippen LogP contribution in [0.5, 0.6) is 5.75 Å². The molecule has 0 aliphatic heterocycles. The third-order valence-corrected chi connectivity index (χ3v) is 2.96. The molecule has 0 aliphatic rings. The van der Waals surface area contributed by atoms with Crippen molar-refractivity contribution >= 4 is 53.7 Å². The molecular weight excluding hydrogens is 256 g/mol. The van der Waals surface area contributed by atoms with Gasteiger partial charge < -0.3 is 7.96 Å². The van der Waals surface area contributed by atoms with Gasteiger partial charge >= 0.3 is 37.7 Å². The van der Waals surface area contributed by atoms with Crippen molar-refractivity contribution in [1.29, 1.82) is 0 Å². The Kier molecular flexibility index (Phi) is 5.92. The number of phenolic OH excluding ortho intramolecular Hbond substituents is 1. The molecule has 1 nitrogen and oxygen atoms in total. The second kappa shape index (κ2) is 5.59. The summed E-state index contributed by atoms with van der Waals surface area (Å²) in [5, 5.41) is 9.70. The van der Waals surface area contributed by atoms with Crippen molar-refractivity contribution < 1.29 is 7.96 Å². The minimum Gasteiger partial charge on any atom is -1.00 e. The van der Waals surface area contributed by atoms with Gasteiger partial charge in [-0.15, -0.1) is 0 Å². The summed E-state index contributed by atoms with van der Waals surface area (Å²) in [5.74, 6) is 0.742. The van der Waals surface area contributed by atoms with Gasteiger partial charge in [0, 0.05) is 0 Å². The fourth-order valence-corrected chi connectivity index (χ4v) is 1.51. The molecule has 1 N–H and O–H groups in total. The van der Waals surface area contributed by atoms with Crippen molar-refractivity contribution in [3.05, 3.63) is 27.7 Å². The monoisotopic (exact) mass is 270 g/mol. The molecule has 13 heavy (non-hydrogen) atoms. The molecule has 0 saturated heterocycles. The summed E-state index contributed by atoms with van der Waals surface area (Å²) < 4.78 is 0.814. The molecule has 3 heteroatoms. The van der Waals surface area contributed by atoms with Crippen LogP contribution in [0.1, 0.15) is 33.7 Å². The number of benzene rings is 1. The minimum atomic E-state index is 0. The van der Waals surface area contributed by atoms with Gasteiger partial charge in [-0.3, -0.25) is 0 Å². The third-order valence-electron chi connectivity index (χ3n) is 1.96. The maximum atomic E-state index is 9.70. The number of aryl methyl sites for hydroxylation is 1. The summed E-state index contributed by atoms with van der Waals surface area (Å²) in [6.07, 6.45) is 0. The van der Waals surface area contributed by atoms with E-state index < -0.39 is 0 Å². The van der Waals surface area contributed by atoms with Crippen LogP contribution in [0.2, 0.25) is 0 Å². The summed E-state index contributed by atoms with van der Waals surface area (Å²) >= 11 is 3.35. The van der Waals surface area contributed by atoms with E-state index in [0.717, 1.165) is 15.6 Å². The first-order valence-corrected chi connectivity index (χ1v) is 4.81. The first-order chi connectivity index (χ1) is 5.54. The maximum absolute atomic E-state index is 9.70. The van der Waals surface area contributed by atoms with E-state index in [1.807, 2.05) is 19.1 Å². The van der Waals surface area contributed by atoms with Gasteiger partial charge in [0.05, 0.1) is 4.47 Å². The van der Waals surface area contributed by atoms with E-state index in [2.05, 4.69) is 29.8 Å². The Labute approximate surface area is 121 Å². The van der Waals surface area contributed by atoms with Crippen molar-refractivity contribution in [2.24, 2.45) is 0 Å². The van der Waals surface area contributed by atoms with Gasteiger partial charge in [-0.05, 0) is 39.9 Å². The van der Waals surface area contributed by atoms with Crippen LogP contribution >= 0.6 is 15.9 Å². The molecule has 0 bridgehead atoms. The SMILES string of the molecule is Cc1ccc(C(C)C)c(O)c1Br.[Ca+2].[H-].[H-]. The van der Waals surface area contributed by atoms with Crippen LogP contribution in [0, 0.1) is 6.92 Å². The number of hydrogen-bond donors (Lipinski definition) is 1. The largest absolute Gasteiger partial charge is 2.00 e. The summed E-state index contributed by atoms with van der Waals surface area (Å²) in [4.78, 5) is 0. The average molecular weight is 271 g/mol. The zero-order valence-corrected chi connectivity index (χ0v) is 12.1. The number of rotatable bonds is 1. The molecule has 0 aromatic heterocycles. The molecule has 0 spiro atoms. The van der Waals surface area contributed by atoms with Crippen LogP contribution < -0.4 is 0 Å². The molecule has 70 valence electrons. The molecule has 0 amide bonds. The zero-order valence-electron chi connectivity index (χ0n) is 10.3. The Balaban J connectivity index is -0.000000480. The number of phenols is 1. The van der Waals surface area contributed by atoms with Gasteiger partial charge in [0.1, 0.15) is 5.75 Å². The quantitative estimate of drug-likeness (QED) is 0.776. The van der Waals surface area contributed by atoms with Crippen molar-refractivity contribution in [3.8, 4) is 5.75 Å². The molecule has 1 rings (SSSR count). The molecule has 0 fully saturated rings. The van der Waals surface area contributed by atoms with Crippen LogP contribution in [0.15, 0.2) is 16.6 Å². The number of aromatic hydroxyl groups is 1. The Morgan fingerprint density at radius 3 is 2.38 bits per heavy atom. The zero-order chi connectivity index (χ0) is 9.30. The predicted molar refractivity (Wildman–Crippen MR) is 62.6 cm³/mol. The minimum absolute atomic E-state index is 0. The fraction of sp³-hybridized carbons (Fsp3) is 0.400. The molecule has 1 aromatic rings. The van der Waals surface area contributed by atoms with Crippen molar-refractivity contribution in [2.75, 3.05) is 0 Å². The topological polar surface area (TPSA) is 20.2 Å². The van der Waals surface area contributed by atoms with Crippen LogP contribution in [0.4, 0.5) is 0 Å². The van der Waals surface area contributed by atoms with Gasteiger partial charge in [0.15, 0.2) is 0 Å². The smallest absolute Gasteiger partial charge is 1.00 e. The molecule has 0 aliphatic carbocycles. The van der Waals surface area contributed by atoms with Gasteiger partial charge in [-0.1, -0.05) is 26.0 Å². The first kappa shape index (κ1) is 13.8. The summed E-state index contributed by atoms with van der Waals surface area (Å²) in [6, 6.07) is 3.99. The standard InChI is InChI=1S/C10H13BrO.Ca.2H/c1-6(2)8-5-4-7(3)9(11)10(8)12;;;/h4-6,12H,1-3H3;;;/q;+2;2*-1. The van der Waals surface area contributed by atoms with Crippen LogP contribution in [0.3, 0.4) is 0 Å². The summed E-state index contributed by atoms with van der Waals surface area (Å²) in [7, 11) is 0. The average Bonchev–Trinajstić information content (AvgIpc) is 2.00. The molecule has 0 unspecified atom stereocenters. The normalized spacial score (nSPS) is 9.92. The molecular formula is C10H15BrCaO. The third kappa shape index (κ3) is 3.12. The Morgan fingerprint density at radius 1 is 1.38 bits per heavy atom.